The second-order valence-electron chi connectivity index (χ2n) is 5.30. The van der Waals surface area contributed by atoms with Crippen molar-refractivity contribution in [2.75, 3.05) is 25.6 Å². The van der Waals surface area contributed by atoms with Crippen molar-refractivity contribution in [1.29, 1.82) is 0 Å². The number of anilines is 1. The molecule has 0 bridgehead atoms. The van der Waals surface area contributed by atoms with Gasteiger partial charge in [-0.3, -0.25) is 10.6 Å². The Balaban J connectivity index is 2.81. The highest BCUT2D eigenvalue weighted by Gasteiger charge is 2.19. The summed E-state index contributed by atoms with van der Waals surface area (Å²) >= 11 is 0. The van der Waals surface area contributed by atoms with Crippen LogP contribution in [0.5, 0.6) is 0 Å². The van der Waals surface area contributed by atoms with E-state index < -0.39 is 0 Å². The van der Waals surface area contributed by atoms with Gasteiger partial charge in [-0.15, -0.1) is 0 Å². The minimum Gasteiger partial charge on any atom is -0.396 e. The van der Waals surface area contributed by atoms with Gasteiger partial charge >= 0.3 is 0 Å². The molecule has 1 aromatic rings. The van der Waals surface area contributed by atoms with Crippen molar-refractivity contribution in [1.82, 2.24) is 14.9 Å². The number of aliphatic hydroxyl groups excluding tert-OH is 1. The fourth-order valence-corrected chi connectivity index (χ4v) is 1.86. The molecule has 0 spiro atoms. The molecule has 21 heavy (non-hydrogen) atoms. The van der Waals surface area contributed by atoms with Gasteiger partial charge in [0, 0.05) is 26.1 Å². The molecule has 7 nitrogen and oxygen atoms in total. The largest absolute Gasteiger partial charge is 0.396 e. The Morgan fingerprint density at radius 2 is 2.14 bits per heavy atom. The Morgan fingerprint density at radius 1 is 1.43 bits per heavy atom. The molecule has 0 atom stereocenters. The zero-order chi connectivity index (χ0) is 15.8. The second-order valence-corrected chi connectivity index (χ2v) is 5.30. The van der Waals surface area contributed by atoms with Crippen LogP contribution in [-0.4, -0.2) is 46.1 Å². The predicted molar refractivity (Wildman–Crippen MR) is 81.8 cm³/mol. The quantitative estimate of drug-likeness (QED) is 0.377. The minimum atomic E-state index is -0.184. The number of aliphatic hydroxyl groups is 1. The Hall–Kier alpha value is -1.73. The molecule has 1 amide bonds. The number of hydrogen-bond donors (Lipinski definition) is 3. The number of amides is 1. The van der Waals surface area contributed by atoms with E-state index >= 15 is 0 Å². The Morgan fingerprint density at radius 3 is 2.71 bits per heavy atom. The summed E-state index contributed by atoms with van der Waals surface area (Å²) in [5, 5.41) is 8.75. The number of nitrogen functional groups attached to an aromatic ring is 1. The number of carbonyl (C=O) groups is 1. The standard InChI is InChI=1S/C14H25N5O2/c1-10(2)13-16-9-11(18-15)12(17-13)14(21)19(3)7-5-4-6-8-20/h9-10,18,20H,4-8,15H2,1-3H3. The first-order valence-corrected chi connectivity index (χ1v) is 7.21. The average Bonchev–Trinajstić information content (AvgIpc) is 2.49. The summed E-state index contributed by atoms with van der Waals surface area (Å²) in [5.74, 6) is 6.00. The maximum atomic E-state index is 12.5. The van der Waals surface area contributed by atoms with E-state index in [0.717, 1.165) is 19.3 Å². The first kappa shape index (κ1) is 17.3. The molecule has 0 fully saturated rings. The van der Waals surface area contributed by atoms with Crippen LogP contribution < -0.4 is 11.3 Å². The van der Waals surface area contributed by atoms with E-state index in [0.29, 0.717) is 23.8 Å². The number of unbranched alkanes of at least 4 members (excludes halogenated alkanes) is 2. The minimum absolute atomic E-state index is 0.137. The molecular formula is C14H25N5O2. The maximum Gasteiger partial charge on any atom is 0.274 e. The van der Waals surface area contributed by atoms with Crippen LogP contribution in [0.2, 0.25) is 0 Å². The van der Waals surface area contributed by atoms with Crippen molar-refractivity contribution in [3.8, 4) is 0 Å². The van der Waals surface area contributed by atoms with Crippen LogP contribution in [0.4, 0.5) is 5.69 Å². The lowest BCUT2D eigenvalue weighted by Crippen LogP contribution is -2.30. The summed E-state index contributed by atoms with van der Waals surface area (Å²) in [6.45, 7) is 4.74. The molecule has 118 valence electrons. The van der Waals surface area contributed by atoms with Gasteiger partial charge < -0.3 is 15.4 Å². The number of carbonyl (C=O) groups excluding carboxylic acids is 1. The second kappa shape index (κ2) is 8.53. The summed E-state index contributed by atoms with van der Waals surface area (Å²) in [4.78, 5) is 22.6. The Labute approximate surface area is 125 Å². The molecular weight excluding hydrogens is 270 g/mol. The number of rotatable bonds is 8. The fourth-order valence-electron chi connectivity index (χ4n) is 1.86. The fraction of sp³-hybridized carbons (Fsp3) is 0.643. The average molecular weight is 295 g/mol. The number of nitrogens with one attached hydrogen (secondary N) is 1. The first-order chi connectivity index (χ1) is 10.0. The highest BCUT2D eigenvalue weighted by atomic mass is 16.2. The van der Waals surface area contributed by atoms with E-state index in [-0.39, 0.29) is 18.4 Å². The Kier molecular flexibility index (Phi) is 7.04. The van der Waals surface area contributed by atoms with Crippen LogP contribution in [0.3, 0.4) is 0 Å². The Bertz CT molecular complexity index is 465. The number of hydrazine groups is 1. The number of hydrogen-bond acceptors (Lipinski definition) is 6. The van der Waals surface area contributed by atoms with Gasteiger partial charge in [0.15, 0.2) is 5.69 Å². The van der Waals surface area contributed by atoms with Gasteiger partial charge in [0.25, 0.3) is 5.91 Å². The molecule has 1 aromatic heterocycles. The molecule has 0 aliphatic rings. The van der Waals surface area contributed by atoms with Gasteiger partial charge in [0.05, 0.1) is 11.9 Å². The summed E-state index contributed by atoms with van der Waals surface area (Å²) < 4.78 is 0. The topological polar surface area (TPSA) is 104 Å². The van der Waals surface area contributed by atoms with Crippen molar-refractivity contribution >= 4 is 11.6 Å². The molecule has 0 saturated carbocycles. The molecule has 0 radical (unpaired) electrons. The lowest BCUT2D eigenvalue weighted by molar-refractivity contribution is 0.0787. The van der Waals surface area contributed by atoms with Crippen molar-refractivity contribution in [3.63, 3.8) is 0 Å². The van der Waals surface area contributed by atoms with Gasteiger partial charge in [-0.1, -0.05) is 13.8 Å². The van der Waals surface area contributed by atoms with E-state index in [2.05, 4.69) is 15.4 Å². The van der Waals surface area contributed by atoms with Crippen molar-refractivity contribution in [2.24, 2.45) is 5.84 Å². The summed E-state index contributed by atoms with van der Waals surface area (Å²) in [7, 11) is 1.73. The SMILES string of the molecule is CC(C)c1ncc(NN)c(C(=O)N(C)CCCCCO)n1. The number of nitrogens with two attached hydrogens (primary N) is 1. The van der Waals surface area contributed by atoms with Crippen LogP contribution in [0.1, 0.15) is 55.3 Å². The van der Waals surface area contributed by atoms with Gasteiger partial charge in [0.2, 0.25) is 0 Å². The van der Waals surface area contributed by atoms with E-state index in [1.165, 1.54) is 6.20 Å². The van der Waals surface area contributed by atoms with E-state index in [1.807, 2.05) is 13.8 Å². The molecule has 1 rings (SSSR count). The predicted octanol–water partition coefficient (Wildman–Crippen LogP) is 1.12. The maximum absolute atomic E-state index is 12.5. The summed E-state index contributed by atoms with van der Waals surface area (Å²) in [6.07, 6.45) is 4.02. The highest BCUT2D eigenvalue weighted by molar-refractivity contribution is 5.97. The van der Waals surface area contributed by atoms with E-state index in [4.69, 9.17) is 10.9 Å². The van der Waals surface area contributed by atoms with Gasteiger partial charge in [-0.25, -0.2) is 9.97 Å². The molecule has 0 aromatic carbocycles. The normalized spacial score (nSPS) is 10.8. The van der Waals surface area contributed by atoms with Crippen molar-refractivity contribution in [3.05, 3.63) is 17.7 Å². The molecule has 0 unspecified atom stereocenters. The van der Waals surface area contributed by atoms with Crippen LogP contribution in [0, 0.1) is 0 Å². The molecule has 1 heterocycles. The van der Waals surface area contributed by atoms with Crippen molar-refractivity contribution < 1.29 is 9.90 Å². The van der Waals surface area contributed by atoms with Crippen LogP contribution in [0.15, 0.2) is 6.20 Å². The molecule has 7 heteroatoms. The molecule has 4 N–H and O–H groups in total. The number of nitrogens with zero attached hydrogens (tertiary/aromatic N) is 3. The van der Waals surface area contributed by atoms with E-state index in [9.17, 15) is 4.79 Å². The summed E-state index contributed by atoms with van der Waals surface area (Å²) in [5.41, 5.74) is 3.18. The van der Waals surface area contributed by atoms with Crippen LogP contribution in [-0.2, 0) is 0 Å². The monoisotopic (exact) mass is 295 g/mol. The molecule has 0 saturated heterocycles. The van der Waals surface area contributed by atoms with Gasteiger partial charge in [-0.2, -0.15) is 0 Å². The van der Waals surface area contributed by atoms with Crippen LogP contribution >= 0.6 is 0 Å². The third-order valence-corrected chi connectivity index (χ3v) is 3.18. The zero-order valence-corrected chi connectivity index (χ0v) is 13.0. The third kappa shape index (κ3) is 4.95. The first-order valence-electron chi connectivity index (χ1n) is 7.21. The lowest BCUT2D eigenvalue weighted by atomic mass is 10.2. The van der Waals surface area contributed by atoms with Gasteiger partial charge in [0.1, 0.15) is 5.82 Å². The van der Waals surface area contributed by atoms with Crippen molar-refractivity contribution in [2.45, 2.75) is 39.0 Å². The summed E-state index contributed by atoms with van der Waals surface area (Å²) in [6, 6.07) is 0. The smallest absolute Gasteiger partial charge is 0.274 e. The van der Waals surface area contributed by atoms with Crippen LogP contribution in [0.25, 0.3) is 0 Å². The van der Waals surface area contributed by atoms with Gasteiger partial charge in [-0.05, 0) is 19.3 Å². The lowest BCUT2D eigenvalue weighted by Gasteiger charge is -2.18. The molecule has 0 aliphatic carbocycles. The molecule has 0 aliphatic heterocycles. The highest BCUT2D eigenvalue weighted by Crippen LogP contribution is 2.17. The van der Waals surface area contributed by atoms with E-state index in [1.54, 1.807) is 11.9 Å². The number of aromatic nitrogens is 2. The zero-order valence-electron chi connectivity index (χ0n) is 13.0. The third-order valence-electron chi connectivity index (χ3n) is 3.18.